The topological polar surface area (TPSA) is 88.7 Å². The third-order valence-corrected chi connectivity index (χ3v) is 5.95. The van der Waals surface area contributed by atoms with Gasteiger partial charge in [0.15, 0.2) is 0 Å². The molecular weight excluding hydrogens is 467 g/mol. The number of aromatic amines is 1. The summed E-state index contributed by atoms with van der Waals surface area (Å²) >= 11 is 0. The molecule has 182 valence electrons. The number of anilines is 1. The standard InChI is InChI=1S/C27H22F3N5O/c28-27(29,30)20-5-3-4-18(14-20)24-15-25(31)35(34-24)21-10-8-17(9-11-21)26(36)32-13-12-19-16-33-23-7-2-1-6-22(19)23/h1-11,14-16,33H,12-13,31H2,(H,32,36). The molecule has 5 rings (SSSR count). The first-order valence-electron chi connectivity index (χ1n) is 11.3. The molecule has 0 aliphatic carbocycles. The third kappa shape index (κ3) is 4.68. The molecule has 0 saturated carbocycles. The van der Waals surface area contributed by atoms with Crippen LogP contribution < -0.4 is 11.1 Å². The molecule has 0 unspecified atom stereocenters. The van der Waals surface area contributed by atoms with E-state index >= 15 is 0 Å². The van der Waals surface area contributed by atoms with Gasteiger partial charge in [0.25, 0.3) is 5.91 Å². The van der Waals surface area contributed by atoms with Gasteiger partial charge in [0.2, 0.25) is 0 Å². The Morgan fingerprint density at radius 3 is 2.56 bits per heavy atom. The summed E-state index contributed by atoms with van der Waals surface area (Å²) in [7, 11) is 0. The first kappa shape index (κ1) is 23.2. The minimum atomic E-state index is -4.45. The molecule has 0 bridgehead atoms. The van der Waals surface area contributed by atoms with E-state index in [2.05, 4.69) is 15.4 Å². The van der Waals surface area contributed by atoms with Gasteiger partial charge in [-0.15, -0.1) is 0 Å². The van der Waals surface area contributed by atoms with Crippen molar-refractivity contribution in [3.63, 3.8) is 0 Å². The predicted octanol–water partition coefficient (Wildman–Crippen LogP) is 5.59. The smallest absolute Gasteiger partial charge is 0.384 e. The van der Waals surface area contributed by atoms with Crippen LogP contribution in [0.15, 0.2) is 85.1 Å². The molecule has 1 amide bonds. The average molecular weight is 490 g/mol. The van der Waals surface area contributed by atoms with Crippen molar-refractivity contribution >= 4 is 22.6 Å². The summed E-state index contributed by atoms with van der Waals surface area (Å²) in [5.74, 6) is 0.0535. The minimum absolute atomic E-state index is 0.209. The van der Waals surface area contributed by atoms with Crippen LogP contribution in [0.2, 0.25) is 0 Å². The number of nitrogen functional groups attached to an aromatic ring is 1. The predicted molar refractivity (Wildman–Crippen MR) is 133 cm³/mol. The van der Waals surface area contributed by atoms with E-state index in [0.717, 1.165) is 28.6 Å². The molecule has 6 nitrogen and oxygen atoms in total. The molecule has 0 atom stereocenters. The molecular formula is C27H22F3N5O. The van der Waals surface area contributed by atoms with Crippen molar-refractivity contribution in [2.45, 2.75) is 12.6 Å². The molecule has 4 N–H and O–H groups in total. The van der Waals surface area contributed by atoms with Crippen molar-refractivity contribution in [3.8, 4) is 16.9 Å². The molecule has 0 spiro atoms. The summed E-state index contributed by atoms with van der Waals surface area (Å²) in [6, 6.07) is 21.1. The lowest BCUT2D eigenvalue weighted by molar-refractivity contribution is -0.137. The molecule has 2 heterocycles. The highest BCUT2D eigenvalue weighted by atomic mass is 19.4. The SMILES string of the molecule is Nc1cc(-c2cccc(C(F)(F)F)c2)nn1-c1ccc(C(=O)NCCc2c[nH]c3ccccc23)cc1. The van der Waals surface area contributed by atoms with E-state index in [4.69, 9.17) is 5.73 Å². The number of halogens is 3. The van der Waals surface area contributed by atoms with E-state index in [1.54, 1.807) is 30.3 Å². The van der Waals surface area contributed by atoms with Gasteiger partial charge in [-0.3, -0.25) is 4.79 Å². The first-order chi connectivity index (χ1) is 17.3. The number of nitrogens with zero attached hydrogens (tertiary/aromatic N) is 2. The minimum Gasteiger partial charge on any atom is -0.384 e. The number of nitrogens with one attached hydrogen (secondary N) is 2. The van der Waals surface area contributed by atoms with Crippen LogP contribution in [0.4, 0.5) is 19.0 Å². The van der Waals surface area contributed by atoms with Gasteiger partial charge in [-0.1, -0.05) is 30.3 Å². The van der Waals surface area contributed by atoms with E-state index in [-0.39, 0.29) is 11.7 Å². The van der Waals surface area contributed by atoms with E-state index in [0.29, 0.717) is 35.5 Å². The molecule has 0 radical (unpaired) electrons. The molecule has 0 fully saturated rings. The number of carbonyl (C=O) groups excluding carboxylic acids is 1. The zero-order valence-corrected chi connectivity index (χ0v) is 19.0. The van der Waals surface area contributed by atoms with Crippen LogP contribution in [-0.2, 0) is 12.6 Å². The normalized spacial score (nSPS) is 11.6. The summed E-state index contributed by atoms with van der Waals surface area (Å²) in [6.45, 7) is 0.481. The zero-order valence-electron chi connectivity index (χ0n) is 19.0. The molecule has 3 aromatic carbocycles. The van der Waals surface area contributed by atoms with E-state index in [9.17, 15) is 18.0 Å². The fourth-order valence-corrected chi connectivity index (χ4v) is 4.10. The monoisotopic (exact) mass is 489 g/mol. The fraction of sp³-hybridized carbons (Fsp3) is 0.111. The number of rotatable bonds is 6. The van der Waals surface area contributed by atoms with Gasteiger partial charge in [-0.2, -0.15) is 18.3 Å². The Kier molecular flexibility index (Phi) is 5.97. The maximum atomic E-state index is 13.1. The fourth-order valence-electron chi connectivity index (χ4n) is 4.10. The quantitative estimate of drug-likeness (QED) is 0.290. The van der Waals surface area contributed by atoms with Crippen LogP contribution in [0, 0.1) is 0 Å². The Balaban J connectivity index is 1.26. The second kappa shape index (κ2) is 9.26. The second-order valence-electron chi connectivity index (χ2n) is 8.36. The number of aromatic nitrogens is 3. The third-order valence-electron chi connectivity index (χ3n) is 5.95. The second-order valence-corrected chi connectivity index (χ2v) is 8.36. The van der Waals surface area contributed by atoms with Crippen LogP contribution in [-0.4, -0.2) is 27.2 Å². The molecule has 5 aromatic rings. The molecule has 0 aliphatic rings. The van der Waals surface area contributed by atoms with Crippen LogP contribution in [0.1, 0.15) is 21.5 Å². The van der Waals surface area contributed by atoms with E-state index < -0.39 is 11.7 Å². The van der Waals surface area contributed by atoms with Crippen LogP contribution in [0.5, 0.6) is 0 Å². The Labute approximate surface area is 204 Å². The van der Waals surface area contributed by atoms with Crippen molar-refractivity contribution in [3.05, 3.63) is 102 Å². The van der Waals surface area contributed by atoms with Crippen LogP contribution in [0.25, 0.3) is 27.8 Å². The van der Waals surface area contributed by atoms with Crippen LogP contribution in [0.3, 0.4) is 0 Å². The molecule has 0 saturated heterocycles. The first-order valence-corrected chi connectivity index (χ1v) is 11.3. The van der Waals surface area contributed by atoms with Gasteiger partial charge < -0.3 is 16.0 Å². The Morgan fingerprint density at radius 1 is 1.00 bits per heavy atom. The number of hydrogen-bond donors (Lipinski definition) is 3. The van der Waals surface area contributed by atoms with Crippen molar-refractivity contribution in [1.82, 2.24) is 20.1 Å². The summed E-state index contributed by atoms with van der Waals surface area (Å²) in [5, 5.41) is 8.43. The van der Waals surface area contributed by atoms with Crippen molar-refractivity contribution in [2.24, 2.45) is 0 Å². The number of para-hydroxylation sites is 1. The Morgan fingerprint density at radius 2 is 1.78 bits per heavy atom. The highest BCUT2D eigenvalue weighted by molar-refractivity contribution is 5.94. The van der Waals surface area contributed by atoms with Gasteiger partial charge in [0.1, 0.15) is 5.82 Å². The Hall–Kier alpha value is -4.53. The summed E-state index contributed by atoms with van der Waals surface area (Å²) < 4.78 is 40.6. The number of fused-ring (bicyclic) bond motifs is 1. The van der Waals surface area contributed by atoms with Gasteiger partial charge in [-0.25, -0.2) is 4.68 Å². The van der Waals surface area contributed by atoms with Crippen LogP contribution >= 0.6 is 0 Å². The largest absolute Gasteiger partial charge is 0.416 e. The highest BCUT2D eigenvalue weighted by Gasteiger charge is 2.30. The van der Waals surface area contributed by atoms with Crippen molar-refractivity contribution < 1.29 is 18.0 Å². The maximum absolute atomic E-state index is 13.1. The lowest BCUT2D eigenvalue weighted by Gasteiger charge is -2.08. The van der Waals surface area contributed by atoms with Gasteiger partial charge >= 0.3 is 6.18 Å². The number of hydrogen-bond acceptors (Lipinski definition) is 3. The number of nitrogens with two attached hydrogens (primary N) is 1. The lowest BCUT2D eigenvalue weighted by atomic mass is 10.1. The number of amides is 1. The van der Waals surface area contributed by atoms with E-state index in [1.807, 2.05) is 30.5 Å². The van der Waals surface area contributed by atoms with Gasteiger partial charge in [-0.05, 0) is 54.4 Å². The summed E-state index contributed by atoms with van der Waals surface area (Å²) in [5.41, 5.74) is 9.20. The molecule has 0 aliphatic heterocycles. The number of alkyl halides is 3. The van der Waals surface area contributed by atoms with Gasteiger partial charge in [0.05, 0.1) is 16.9 Å². The molecule has 2 aromatic heterocycles. The molecule has 9 heteroatoms. The maximum Gasteiger partial charge on any atom is 0.416 e. The highest BCUT2D eigenvalue weighted by Crippen LogP contribution is 2.32. The van der Waals surface area contributed by atoms with Gasteiger partial charge in [0, 0.05) is 40.8 Å². The number of carbonyl (C=O) groups is 1. The average Bonchev–Trinajstić information content (AvgIpc) is 3.47. The van der Waals surface area contributed by atoms with Crippen molar-refractivity contribution in [1.29, 1.82) is 0 Å². The summed E-state index contributed by atoms with van der Waals surface area (Å²) in [6.07, 6.45) is -1.81. The number of benzene rings is 3. The molecule has 36 heavy (non-hydrogen) atoms. The van der Waals surface area contributed by atoms with E-state index in [1.165, 1.54) is 16.8 Å². The van der Waals surface area contributed by atoms with Crippen molar-refractivity contribution in [2.75, 3.05) is 12.3 Å². The summed E-state index contributed by atoms with van der Waals surface area (Å²) in [4.78, 5) is 15.8. The number of H-pyrrole nitrogens is 1. The Bertz CT molecular complexity index is 1530. The lowest BCUT2D eigenvalue weighted by Crippen LogP contribution is -2.25. The zero-order chi connectivity index (χ0) is 25.3.